The Morgan fingerprint density at radius 3 is 2.77 bits per heavy atom. The number of allylic oxidation sites excluding steroid dienone is 2. The van der Waals surface area contributed by atoms with Crippen LogP contribution in [0.3, 0.4) is 0 Å². The van der Waals surface area contributed by atoms with E-state index in [4.69, 9.17) is 11.1 Å². The van der Waals surface area contributed by atoms with Crippen molar-refractivity contribution in [3.8, 4) is 0 Å². The molecule has 6 heteroatoms. The Balaban J connectivity index is 2.01. The highest BCUT2D eigenvalue weighted by atomic mass is 79.9. The fraction of sp³-hybridized carbons (Fsp3) is 0. The SMILES string of the molecule is C=C(C(=N)/C=C\Nc1ccc(Br)cn1)c1ccc(N)c(S)c1. The fourth-order valence-corrected chi connectivity index (χ4v) is 2.11. The Labute approximate surface area is 143 Å². The maximum atomic E-state index is 8.05. The monoisotopic (exact) mass is 374 g/mol. The lowest BCUT2D eigenvalue weighted by atomic mass is 10.0. The molecule has 0 aliphatic carbocycles. The average Bonchev–Trinajstić information content (AvgIpc) is 2.51. The zero-order valence-electron chi connectivity index (χ0n) is 11.7. The van der Waals surface area contributed by atoms with Crippen LogP contribution in [-0.2, 0) is 0 Å². The number of nitrogens with one attached hydrogen (secondary N) is 2. The van der Waals surface area contributed by atoms with Crippen molar-refractivity contribution >= 4 is 51.3 Å². The first-order chi connectivity index (χ1) is 10.5. The van der Waals surface area contributed by atoms with Crippen LogP contribution in [0.25, 0.3) is 5.57 Å². The number of halogens is 1. The fourth-order valence-electron chi connectivity index (χ4n) is 1.66. The molecule has 22 heavy (non-hydrogen) atoms. The lowest BCUT2D eigenvalue weighted by Gasteiger charge is -2.07. The molecule has 0 radical (unpaired) electrons. The third kappa shape index (κ3) is 4.22. The molecule has 4 N–H and O–H groups in total. The summed E-state index contributed by atoms with van der Waals surface area (Å²) in [5.74, 6) is 0.697. The quantitative estimate of drug-likeness (QED) is 0.356. The van der Waals surface area contributed by atoms with E-state index in [1.54, 1.807) is 30.6 Å². The van der Waals surface area contributed by atoms with Crippen LogP contribution < -0.4 is 11.1 Å². The number of anilines is 2. The second kappa shape index (κ2) is 7.29. The Kier molecular flexibility index (Phi) is 5.41. The Morgan fingerprint density at radius 2 is 2.14 bits per heavy atom. The van der Waals surface area contributed by atoms with Crippen LogP contribution in [0, 0.1) is 5.41 Å². The number of hydrogen-bond donors (Lipinski definition) is 4. The number of nitrogens with two attached hydrogens (primary N) is 1. The minimum Gasteiger partial charge on any atom is -0.398 e. The summed E-state index contributed by atoms with van der Waals surface area (Å²) in [6.07, 6.45) is 4.98. The number of nitrogens with zero attached hydrogens (tertiary/aromatic N) is 1. The Morgan fingerprint density at radius 1 is 1.36 bits per heavy atom. The van der Waals surface area contributed by atoms with E-state index in [2.05, 4.69) is 45.4 Å². The van der Waals surface area contributed by atoms with Crippen LogP contribution in [0.2, 0.25) is 0 Å². The second-order valence-electron chi connectivity index (χ2n) is 4.51. The summed E-state index contributed by atoms with van der Waals surface area (Å²) in [6.45, 7) is 3.93. The third-order valence-electron chi connectivity index (χ3n) is 2.91. The van der Waals surface area contributed by atoms with E-state index in [9.17, 15) is 0 Å². The molecule has 0 bridgehead atoms. The van der Waals surface area contributed by atoms with Crippen molar-refractivity contribution in [1.29, 1.82) is 5.41 Å². The first-order valence-corrected chi connectivity index (χ1v) is 7.62. The van der Waals surface area contributed by atoms with Gasteiger partial charge in [0.1, 0.15) is 5.82 Å². The molecule has 112 valence electrons. The van der Waals surface area contributed by atoms with E-state index >= 15 is 0 Å². The summed E-state index contributed by atoms with van der Waals surface area (Å²) in [5, 5.41) is 11.0. The van der Waals surface area contributed by atoms with Crippen LogP contribution in [0.5, 0.6) is 0 Å². The lowest BCUT2D eigenvalue weighted by Crippen LogP contribution is -1.99. The summed E-state index contributed by atoms with van der Waals surface area (Å²) in [5.41, 5.74) is 8.03. The first-order valence-electron chi connectivity index (χ1n) is 6.38. The molecule has 0 amide bonds. The molecule has 0 saturated carbocycles. The first kappa shape index (κ1) is 16.3. The van der Waals surface area contributed by atoms with E-state index in [0.717, 1.165) is 10.0 Å². The van der Waals surface area contributed by atoms with Gasteiger partial charge in [-0.05, 0) is 57.4 Å². The Bertz CT molecular complexity index is 738. The van der Waals surface area contributed by atoms with Crippen LogP contribution in [0.15, 0.2) is 64.8 Å². The predicted octanol–water partition coefficient (Wildman–Crippen LogP) is 4.37. The molecular weight excluding hydrogens is 360 g/mol. The standard InChI is InChI=1S/C16H15BrN4S/c1-10(11-2-4-14(19)15(22)8-11)13(18)6-7-20-16-5-3-12(17)9-21-16/h2-9,18,22H,1,19H2,(H,20,21)/b7-6-,18-13?. The van der Waals surface area contributed by atoms with E-state index in [1.165, 1.54) is 0 Å². The molecule has 0 saturated heterocycles. The number of rotatable bonds is 5. The number of nitrogen functional groups attached to an aromatic ring is 1. The topological polar surface area (TPSA) is 74.8 Å². The molecule has 0 spiro atoms. The molecule has 2 aromatic rings. The van der Waals surface area contributed by atoms with Gasteiger partial charge in [-0.2, -0.15) is 0 Å². The zero-order valence-corrected chi connectivity index (χ0v) is 14.2. The molecular formula is C16H15BrN4S. The van der Waals surface area contributed by atoms with Gasteiger partial charge in [-0.25, -0.2) is 4.98 Å². The predicted molar refractivity (Wildman–Crippen MR) is 99.6 cm³/mol. The van der Waals surface area contributed by atoms with Gasteiger partial charge in [0, 0.05) is 27.5 Å². The molecule has 0 aliphatic rings. The van der Waals surface area contributed by atoms with Crippen LogP contribution in [0.4, 0.5) is 11.5 Å². The highest BCUT2D eigenvalue weighted by molar-refractivity contribution is 9.10. The van der Waals surface area contributed by atoms with Crippen molar-refractivity contribution in [3.63, 3.8) is 0 Å². The van der Waals surface area contributed by atoms with Gasteiger partial charge in [-0.3, -0.25) is 0 Å². The molecule has 1 heterocycles. The maximum Gasteiger partial charge on any atom is 0.129 e. The van der Waals surface area contributed by atoms with Gasteiger partial charge >= 0.3 is 0 Å². The molecule has 0 fully saturated rings. The molecule has 2 rings (SSSR count). The molecule has 1 aromatic heterocycles. The van der Waals surface area contributed by atoms with Gasteiger partial charge < -0.3 is 16.5 Å². The minimum absolute atomic E-state index is 0.294. The van der Waals surface area contributed by atoms with Gasteiger partial charge in [0.25, 0.3) is 0 Å². The van der Waals surface area contributed by atoms with Crippen LogP contribution in [-0.4, -0.2) is 10.7 Å². The largest absolute Gasteiger partial charge is 0.398 e. The number of benzene rings is 1. The normalized spacial score (nSPS) is 10.6. The third-order valence-corrected chi connectivity index (χ3v) is 3.77. The van der Waals surface area contributed by atoms with Crippen LogP contribution in [0.1, 0.15) is 5.56 Å². The summed E-state index contributed by atoms with van der Waals surface area (Å²) in [7, 11) is 0. The van der Waals surface area contributed by atoms with E-state index in [-0.39, 0.29) is 0 Å². The highest BCUT2D eigenvalue weighted by Crippen LogP contribution is 2.22. The van der Waals surface area contributed by atoms with E-state index < -0.39 is 0 Å². The van der Waals surface area contributed by atoms with Crippen LogP contribution >= 0.6 is 28.6 Å². The lowest BCUT2D eigenvalue weighted by molar-refractivity contribution is 1.29. The molecule has 1 aromatic carbocycles. The minimum atomic E-state index is 0.294. The highest BCUT2D eigenvalue weighted by Gasteiger charge is 2.05. The molecule has 0 atom stereocenters. The van der Waals surface area contributed by atoms with E-state index in [1.807, 2.05) is 18.2 Å². The summed E-state index contributed by atoms with van der Waals surface area (Å²) in [6, 6.07) is 9.09. The van der Waals surface area contributed by atoms with Crippen molar-refractivity contribution in [2.24, 2.45) is 0 Å². The second-order valence-corrected chi connectivity index (χ2v) is 5.90. The van der Waals surface area contributed by atoms with E-state index in [0.29, 0.717) is 27.7 Å². The van der Waals surface area contributed by atoms with Crippen molar-refractivity contribution in [1.82, 2.24) is 4.98 Å². The van der Waals surface area contributed by atoms with Gasteiger partial charge in [-0.1, -0.05) is 12.6 Å². The van der Waals surface area contributed by atoms with Crippen molar-refractivity contribution in [2.45, 2.75) is 4.90 Å². The van der Waals surface area contributed by atoms with Gasteiger partial charge in [0.15, 0.2) is 0 Å². The molecule has 0 unspecified atom stereocenters. The summed E-state index contributed by atoms with van der Waals surface area (Å²) < 4.78 is 0.911. The number of pyridine rings is 1. The number of thiol groups is 1. The number of aromatic nitrogens is 1. The van der Waals surface area contributed by atoms with Gasteiger partial charge in [0.05, 0.1) is 5.71 Å². The van der Waals surface area contributed by atoms with Crippen molar-refractivity contribution < 1.29 is 0 Å². The van der Waals surface area contributed by atoms with Gasteiger partial charge in [0.2, 0.25) is 0 Å². The molecule has 4 nitrogen and oxygen atoms in total. The smallest absolute Gasteiger partial charge is 0.129 e. The molecule has 0 aliphatic heterocycles. The van der Waals surface area contributed by atoms with Gasteiger partial charge in [-0.15, -0.1) is 12.6 Å². The Hall–Kier alpha value is -2.05. The zero-order chi connectivity index (χ0) is 16.1. The van der Waals surface area contributed by atoms with Crippen molar-refractivity contribution in [3.05, 3.63) is 65.4 Å². The number of hydrogen-bond acceptors (Lipinski definition) is 5. The maximum absolute atomic E-state index is 8.05. The summed E-state index contributed by atoms with van der Waals surface area (Å²) >= 11 is 7.60. The summed E-state index contributed by atoms with van der Waals surface area (Å²) in [4.78, 5) is 4.85. The average molecular weight is 375 g/mol. The van der Waals surface area contributed by atoms with Crippen molar-refractivity contribution in [2.75, 3.05) is 11.1 Å².